The van der Waals surface area contributed by atoms with Gasteiger partial charge in [0.05, 0.1) is 6.61 Å². The van der Waals surface area contributed by atoms with E-state index in [1.165, 1.54) is 11.1 Å². The first kappa shape index (κ1) is 18.0. The highest BCUT2D eigenvalue weighted by Gasteiger charge is 2.08. The molecule has 1 rings (SSSR count). The molecule has 3 heteroatoms. The largest absolute Gasteiger partial charge is 0.494 e. The van der Waals surface area contributed by atoms with Crippen LogP contribution in [0.4, 0.5) is 0 Å². The molecule has 0 aliphatic rings. The Morgan fingerprint density at radius 3 is 2.48 bits per heavy atom. The van der Waals surface area contributed by atoms with Crippen LogP contribution in [0, 0.1) is 19.8 Å². The predicted molar refractivity (Wildman–Crippen MR) is 91.0 cm³/mol. The molecule has 1 atom stereocenters. The standard InChI is InChI=1S/C18H32N2O/c1-14(2)18(19)9-11-20(5)10-6-12-21-17-8-7-15(3)16(4)13-17/h7-8,13-14,18H,6,9-12,19H2,1-5H3. The summed E-state index contributed by atoms with van der Waals surface area (Å²) in [6, 6.07) is 6.58. The molecular formula is C18H32N2O. The zero-order chi connectivity index (χ0) is 15.8. The molecule has 0 heterocycles. The van der Waals surface area contributed by atoms with E-state index in [-0.39, 0.29) is 0 Å². The molecular weight excluding hydrogens is 260 g/mol. The van der Waals surface area contributed by atoms with Crippen LogP contribution in [0.2, 0.25) is 0 Å². The Balaban J connectivity index is 2.17. The van der Waals surface area contributed by atoms with Crippen LogP contribution in [0.1, 0.15) is 37.8 Å². The summed E-state index contributed by atoms with van der Waals surface area (Å²) in [6.45, 7) is 11.5. The molecule has 0 fully saturated rings. The van der Waals surface area contributed by atoms with Gasteiger partial charge in [-0.3, -0.25) is 0 Å². The third-order valence-corrected chi connectivity index (χ3v) is 4.13. The number of ether oxygens (including phenoxy) is 1. The van der Waals surface area contributed by atoms with Crippen LogP contribution in [0.25, 0.3) is 0 Å². The van der Waals surface area contributed by atoms with E-state index in [9.17, 15) is 0 Å². The Bertz CT molecular complexity index is 418. The van der Waals surface area contributed by atoms with Gasteiger partial charge in [0.25, 0.3) is 0 Å². The molecule has 1 aromatic carbocycles. The Kier molecular flexibility index (Phi) is 7.76. The molecule has 0 spiro atoms. The first-order chi connectivity index (χ1) is 9.90. The van der Waals surface area contributed by atoms with E-state index >= 15 is 0 Å². The van der Waals surface area contributed by atoms with Crippen LogP contribution in [0.5, 0.6) is 5.75 Å². The number of hydrogen-bond acceptors (Lipinski definition) is 3. The highest BCUT2D eigenvalue weighted by Crippen LogP contribution is 2.16. The summed E-state index contributed by atoms with van der Waals surface area (Å²) in [7, 11) is 2.16. The van der Waals surface area contributed by atoms with Crippen LogP contribution >= 0.6 is 0 Å². The second-order valence-corrected chi connectivity index (χ2v) is 6.45. The lowest BCUT2D eigenvalue weighted by molar-refractivity contribution is 0.253. The van der Waals surface area contributed by atoms with Crippen molar-refractivity contribution in [2.45, 2.75) is 46.6 Å². The van der Waals surface area contributed by atoms with Gasteiger partial charge in [0.15, 0.2) is 0 Å². The summed E-state index contributed by atoms with van der Waals surface area (Å²) < 4.78 is 5.80. The Hall–Kier alpha value is -1.06. The van der Waals surface area contributed by atoms with E-state index in [1.54, 1.807) is 0 Å². The summed E-state index contributed by atoms with van der Waals surface area (Å²) in [5, 5.41) is 0. The Morgan fingerprint density at radius 1 is 1.14 bits per heavy atom. The van der Waals surface area contributed by atoms with E-state index in [0.717, 1.165) is 38.3 Å². The molecule has 0 bridgehead atoms. The minimum absolute atomic E-state index is 0.305. The number of benzene rings is 1. The molecule has 0 saturated carbocycles. The SMILES string of the molecule is Cc1ccc(OCCCN(C)CCC(N)C(C)C)cc1C. The van der Waals surface area contributed by atoms with Crippen molar-refractivity contribution < 1.29 is 4.74 Å². The first-order valence-corrected chi connectivity index (χ1v) is 8.04. The van der Waals surface area contributed by atoms with Crippen molar-refractivity contribution in [1.29, 1.82) is 0 Å². The highest BCUT2D eigenvalue weighted by atomic mass is 16.5. The van der Waals surface area contributed by atoms with Crippen molar-refractivity contribution in [1.82, 2.24) is 4.90 Å². The normalized spacial score (nSPS) is 13.0. The number of rotatable bonds is 9. The van der Waals surface area contributed by atoms with Gasteiger partial charge in [0.1, 0.15) is 5.75 Å². The Morgan fingerprint density at radius 2 is 1.86 bits per heavy atom. The number of aryl methyl sites for hydroxylation is 2. The molecule has 0 radical (unpaired) electrons. The van der Waals surface area contributed by atoms with Crippen molar-refractivity contribution >= 4 is 0 Å². The van der Waals surface area contributed by atoms with E-state index < -0.39 is 0 Å². The molecule has 0 aliphatic carbocycles. The van der Waals surface area contributed by atoms with Gasteiger partial charge < -0.3 is 15.4 Å². The average Bonchev–Trinajstić information content (AvgIpc) is 2.44. The molecule has 0 amide bonds. The maximum absolute atomic E-state index is 6.07. The molecule has 21 heavy (non-hydrogen) atoms. The monoisotopic (exact) mass is 292 g/mol. The van der Waals surface area contributed by atoms with Crippen LogP contribution in [-0.2, 0) is 0 Å². The van der Waals surface area contributed by atoms with Gasteiger partial charge in [0, 0.05) is 12.6 Å². The van der Waals surface area contributed by atoms with Crippen molar-refractivity contribution in [2.75, 3.05) is 26.7 Å². The summed E-state index contributed by atoms with van der Waals surface area (Å²) >= 11 is 0. The lowest BCUT2D eigenvalue weighted by atomic mass is 10.0. The molecule has 1 aromatic rings. The fourth-order valence-corrected chi connectivity index (χ4v) is 2.14. The van der Waals surface area contributed by atoms with Crippen molar-refractivity contribution in [3.8, 4) is 5.75 Å². The summed E-state index contributed by atoms with van der Waals surface area (Å²) in [5.41, 5.74) is 8.66. The topological polar surface area (TPSA) is 38.5 Å². The Labute approximate surface area is 130 Å². The predicted octanol–water partition coefficient (Wildman–Crippen LogP) is 3.38. The van der Waals surface area contributed by atoms with Crippen LogP contribution in [0.3, 0.4) is 0 Å². The van der Waals surface area contributed by atoms with E-state index in [2.05, 4.69) is 51.8 Å². The first-order valence-electron chi connectivity index (χ1n) is 8.04. The van der Waals surface area contributed by atoms with Crippen molar-refractivity contribution in [2.24, 2.45) is 11.7 Å². The average molecular weight is 292 g/mol. The molecule has 3 nitrogen and oxygen atoms in total. The van der Waals surface area contributed by atoms with Crippen LogP contribution < -0.4 is 10.5 Å². The summed E-state index contributed by atoms with van der Waals surface area (Å²) in [4.78, 5) is 2.34. The maximum atomic E-state index is 6.07. The zero-order valence-corrected chi connectivity index (χ0v) is 14.4. The van der Waals surface area contributed by atoms with Gasteiger partial charge in [-0.1, -0.05) is 19.9 Å². The van der Waals surface area contributed by atoms with Gasteiger partial charge >= 0.3 is 0 Å². The van der Waals surface area contributed by atoms with Crippen molar-refractivity contribution in [3.05, 3.63) is 29.3 Å². The van der Waals surface area contributed by atoms with Gasteiger partial charge in [-0.15, -0.1) is 0 Å². The summed E-state index contributed by atoms with van der Waals surface area (Å²) in [5.74, 6) is 1.54. The van der Waals surface area contributed by atoms with E-state index in [1.807, 2.05) is 6.07 Å². The fourth-order valence-electron chi connectivity index (χ4n) is 2.14. The lowest BCUT2D eigenvalue weighted by Crippen LogP contribution is -2.32. The second kappa shape index (κ2) is 9.06. The van der Waals surface area contributed by atoms with Gasteiger partial charge in [-0.25, -0.2) is 0 Å². The van der Waals surface area contributed by atoms with Crippen LogP contribution in [-0.4, -0.2) is 37.7 Å². The fraction of sp³-hybridized carbons (Fsp3) is 0.667. The number of nitrogens with two attached hydrogens (primary N) is 1. The van der Waals surface area contributed by atoms with Crippen molar-refractivity contribution in [3.63, 3.8) is 0 Å². The van der Waals surface area contributed by atoms with E-state index in [4.69, 9.17) is 10.5 Å². The third kappa shape index (κ3) is 6.96. The van der Waals surface area contributed by atoms with E-state index in [0.29, 0.717) is 12.0 Å². The quantitative estimate of drug-likeness (QED) is 0.709. The minimum atomic E-state index is 0.305. The zero-order valence-electron chi connectivity index (χ0n) is 14.4. The minimum Gasteiger partial charge on any atom is -0.494 e. The molecule has 0 aliphatic heterocycles. The number of nitrogens with zero attached hydrogens (tertiary/aromatic N) is 1. The molecule has 2 N–H and O–H groups in total. The van der Waals surface area contributed by atoms with Gasteiger partial charge in [-0.05, 0) is 69.5 Å². The molecule has 0 aromatic heterocycles. The van der Waals surface area contributed by atoms with Crippen LogP contribution in [0.15, 0.2) is 18.2 Å². The van der Waals surface area contributed by atoms with Gasteiger partial charge in [0.2, 0.25) is 0 Å². The molecule has 1 unspecified atom stereocenters. The maximum Gasteiger partial charge on any atom is 0.119 e. The summed E-state index contributed by atoms with van der Waals surface area (Å²) in [6.07, 6.45) is 2.10. The number of hydrogen-bond donors (Lipinski definition) is 1. The third-order valence-electron chi connectivity index (χ3n) is 4.13. The molecule has 120 valence electrons. The second-order valence-electron chi connectivity index (χ2n) is 6.45. The lowest BCUT2D eigenvalue weighted by Gasteiger charge is -2.21. The molecule has 0 saturated heterocycles. The highest BCUT2D eigenvalue weighted by molar-refractivity contribution is 5.33. The van der Waals surface area contributed by atoms with Gasteiger partial charge in [-0.2, -0.15) is 0 Å². The smallest absolute Gasteiger partial charge is 0.119 e.